The molecule has 2 aromatic carbocycles. The van der Waals surface area contributed by atoms with Crippen LogP contribution in [0.25, 0.3) is 0 Å². The highest BCUT2D eigenvalue weighted by molar-refractivity contribution is 7.80. The SMILES string of the molecule is CN(Cc1ccccc1)C(=O)Cc1ccc(C(N)=S)cc1. The predicted molar refractivity (Wildman–Crippen MR) is 88.9 cm³/mol. The number of thiocarbonyl (C=S) groups is 1. The summed E-state index contributed by atoms with van der Waals surface area (Å²) >= 11 is 4.91. The first-order chi connectivity index (χ1) is 10.1. The van der Waals surface area contributed by atoms with Gasteiger partial charge in [-0.15, -0.1) is 0 Å². The molecule has 0 atom stereocenters. The van der Waals surface area contributed by atoms with Crippen LogP contribution in [0.5, 0.6) is 0 Å². The van der Waals surface area contributed by atoms with Crippen molar-refractivity contribution in [3.05, 3.63) is 71.3 Å². The second-order valence-corrected chi connectivity index (χ2v) is 5.41. The molecule has 0 unspecified atom stereocenters. The van der Waals surface area contributed by atoms with E-state index in [2.05, 4.69) is 0 Å². The molecule has 0 aliphatic carbocycles. The summed E-state index contributed by atoms with van der Waals surface area (Å²) in [4.78, 5) is 14.3. The van der Waals surface area contributed by atoms with Gasteiger partial charge in [0.15, 0.2) is 0 Å². The van der Waals surface area contributed by atoms with E-state index in [0.717, 1.165) is 16.7 Å². The number of nitrogens with zero attached hydrogens (tertiary/aromatic N) is 1. The maximum Gasteiger partial charge on any atom is 0.227 e. The molecule has 0 saturated heterocycles. The summed E-state index contributed by atoms with van der Waals surface area (Å²) in [6.45, 7) is 0.616. The fourth-order valence-corrected chi connectivity index (χ4v) is 2.18. The summed E-state index contributed by atoms with van der Waals surface area (Å²) < 4.78 is 0. The van der Waals surface area contributed by atoms with E-state index in [9.17, 15) is 4.79 Å². The fraction of sp³-hybridized carbons (Fsp3) is 0.176. The molecule has 4 heteroatoms. The number of hydrogen-bond acceptors (Lipinski definition) is 2. The lowest BCUT2D eigenvalue weighted by atomic mass is 10.1. The monoisotopic (exact) mass is 298 g/mol. The van der Waals surface area contributed by atoms with E-state index in [-0.39, 0.29) is 5.91 Å². The van der Waals surface area contributed by atoms with Crippen LogP contribution in [-0.4, -0.2) is 22.8 Å². The van der Waals surface area contributed by atoms with Crippen LogP contribution in [0.1, 0.15) is 16.7 Å². The predicted octanol–water partition coefficient (Wildman–Crippen LogP) is 2.52. The molecule has 0 radical (unpaired) electrons. The van der Waals surface area contributed by atoms with Crippen molar-refractivity contribution in [3.8, 4) is 0 Å². The smallest absolute Gasteiger partial charge is 0.227 e. The zero-order valence-corrected chi connectivity index (χ0v) is 12.8. The van der Waals surface area contributed by atoms with Gasteiger partial charge < -0.3 is 10.6 Å². The summed E-state index contributed by atoms with van der Waals surface area (Å²) in [6, 6.07) is 17.4. The van der Waals surface area contributed by atoms with Crippen LogP contribution in [0.15, 0.2) is 54.6 Å². The first-order valence-corrected chi connectivity index (χ1v) is 7.13. The van der Waals surface area contributed by atoms with Crippen molar-refractivity contribution < 1.29 is 4.79 Å². The molecule has 0 saturated carbocycles. The number of nitrogens with two attached hydrogens (primary N) is 1. The average Bonchev–Trinajstić information content (AvgIpc) is 2.48. The van der Waals surface area contributed by atoms with Crippen molar-refractivity contribution in [2.24, 2.45) is 5.73 Å². The number of likely N-dealkylation sites (N-methyl/N-ethyl adjacent to an activating group) is 1. The molecular formula is C17H18N2OS. The molecule has 0 aliphatic heterocycles. The lowest BCUT2D eigenvalue weighted by Crippen LogP contribution is -2.27. The summed E-state index contributed by atoms with van der Waals surface area (Å²) in [5.74, 6) is 0.0851. The van der Waals surface area contributed by atoms with E-state index >= 15 is 0 Å². The first-order valence-electron chi connectivity index (χ1n) is 6.73. The lowest BCUT2D eigenvalue weighted by molar-refractivity contribution is -0.129. The van der Waals surface area contributed by atoms with Crippen LogP contribution in [0.4, 0.5) is 0 Å². The maximum atomic E-state index is 12.2. The average molecular weight is 298 g/mol. The van der Waals surface area contributed by atoms with Gasteiger partial charge in [-0.25, -0.2) is 0 Å². The Labute approximate surface area is 130 Å². The highest BCUT2D eigenvalue weighted by Crippen LogP contribution is 2.08. The maximum absolute atomic E-state index is 12.2. The minimum atomic E-state index is 0.0851. The zero-order chi connectivity index (χ0) is 15.2. The van der Waals surface area contributed by atoms with E-state index in [1.54, 1.807) is 4.90 Å². The van der Waals surface area contributed by atoms with Crippen LogP contribution < -0.4 is 5.73 Å². The molecule has 0 aromatic heterocycles. The van der Waals surface area contributed by atoms with E-state index in [4.69, 9.17) is 18.0 Å². The number of benzene rings is 2. The van der Waals surface area contributed by atoms with Gasteiger partial charge in [0.2, 0.25) is 5.91 Å². The van der Waals surface area contributed by atoms with Crippen LogP contribution in [0, 0.1) is 0 Å². The second kappa shape index (κ2) is 6.99. The van der Waals surface area contributed by atoms with E-state index in [1.807, 2.05) is 61.6 Å². The highest BCUT2D eigenvalue weighted by atomic mass is 32.1. The molecule has 0 aliphatic rings. The minimum absolute atomic E-state index is 0.0851. The van der Waals surface area contributed by atoms with E-state index < -0.39 is 0 Å². The summed E-state index contributed by atoms with van der Waals surface area (Å²) in [6.07, 6.45) is 0.376. The number of carbonyl (C=O) groups excluding carboxylic acids is 1. The summed E-state index contributed by atoms with van der Waals surface area (Å²) in [5, 5.41) is 0. The van der Waals surface area contributed by atoms with E-state index in [0.29, 0.717) is 18.0 Å². The normalized spacial score (nSPS) is 10.1. The third kappa shape index (κ3) is 4.39. The lowest BCUT2D eigenvalue weighted by Gasteiger charge is -2.17. The molecule has 0 fully saturated rings. The Morgan fingerprint density at radius 2 is 1.67 bits per heavy atom. The van der Waals surface area contributed by atoms with Gasteiger partial charge in [0.1, 0.15) is 4.99 Å². The molecule has 2 aromatic rings. The molecule has 0 spiro atoms. The standard InChI is InChI=1S/C17H18N2OS/c1-19(12-14-5-3-2-4-6-14)16(20)11-13-7-9-15(10-8-13)17(18)21/h2-10H,11-12H2,1H3,(H2,18,21). The Kier molecular flexibility index (Phi) is 5.06. The zero-order valence-electron chi connectivity index (χ0n) is 12.0. The Hall–Kier alpha value is -2.20. The van der Waals surface area contributed by atoms with E-state index in [1.165, 1.54) is 0 Å². The third-order valence-corrected chi connectivity index (χ3v) is 3.52. The quantitative estimate of drug-likeness (QED) is 0.863. The minimum Gasteiger partial charge on any atom is -0.389 e. The fourth-order valence-electron chi connectivity index (χ4n) is 2.04. The first kappa shape index (κ1) is 15.2. The molecule has 2 rings (SSSR count). The largest absolute Gasteiger partial charge is 0.389 e. The van der Waals surface area contributed by atoms with Gasteiger partial charge in [-0.05, 0) is 11.1 Å². The molecular weight excluding hydrogens is 280 g/mol. The summed E-state index contributed by atoms with van der Waals surface area (Å²) in [5.41, 5.74) is 8.45. The van der Waals surface area contributed by atoms with Crippen molar-refractivity contribution in [1.29, 1.82) is 0 Å². The van der Waals surface area contributed by atoms with Crippen molar-refractivity contribution in [2.75, 3.05) is 7.05 Å². The molecule has 0 bridgehead atoms. The van der Waals surface area contributed by atoms with Gasteiger partial charge in [-0.1, -0.05) is 66.8 Å². The van der Waals surface area contributed by atoms with Crippen LogP contribution in [0.2, 0.25) is 0 Å². The number of hydrogen-bond donors (Lipinski definition) is 1. The van der Waals surface area contributed by atoms with Gasteiger partial charge >= 0.3 is 0 Å². The van der Waals surface area contributed by atoms with Gasteiger partial charge in [0, 0.05) is 19.2 Å². The Morgan fingerprint density at radius 3 is 2.24 bits per heavy atom. The Balaban J connectivity index is 1.95. The molecule has 1 amide bonds. The molecule has 108 valence electrons. The van der Waals surface area contributed by atoms with Gasteiger partial charge in [0.05, 0.1) is 6.42 Å². The van der Waals surface area contributed by atoms with Gasteiger partial charge in [0.25, 0.3) is 0 Å². The molecule has 2 N–H and O–H groups in total. The number of carbonyl (C=O) groups is 1. The second-order valence-electron chi connectivity index (χ2n) is 4.97. The molecule has 3 nitrogen and oxygen atoms in total. The van der Waals surface area contributed by atoms with Crippen LogP contribution in [0.3, 0.4) is 0 Å². The van der Waals surface area contributed by atoms with Crippen LogP contribution >= 0.6 is 12.2 Å². The molecule has 21 heavy (non-hydrogen) atoms. The topological polar surface area (TPSA) is 46.3 Å². The Bertz CT molecular complexity index is 623. The van der Waals surface area contributed by atoms with Crippen molar-refractivity contribution in [3.63, 3.8) is 0 Å². The number of rotatable bonds is 5. The summed E-state index contributed by atoms with van der Waals surface area (Å²) in [7, 11) is 1.82. The Morgan fingerprint density at radius 1 is 1.05 bits per heavy atom. The number of amides is 1. The van der Waals surface area contributed by atoms with Crippen molar-refractivity contribution in [1.82, 2.24) is 4.90 Å². The third-order valence-electron chi connectivity index (χ3n) is 3.28. The van der Waals surface area contributed by atoms with Crippen molar-refractivity contribution in [2.45, 2.75) is 13.0 Å². The molecule has 0 heterocycles. The van der Waals surface area contributed by atoms with Crippen LogP contribution in [-0.2, 0) is 17.8 Å². The highest BCUT2D eigenvalue weighted by Gasteiger charge is 2.10. The van der Waals surface area contributed by atoms with Gasteiger partial charge in [-0.3, -0.25) is 4.79 Å². The van der Waals surface area contributed by atoms with Gasteiger partial charge in [-0.2, -0.15) is 0 Å². The van der Waals surface area contributed by atoms with Crippen molar-refractivity contribution >= 4 is 23.1 Å².